The first-order valence-electron chi connectivity index (χ1n) is 8.66. The Bertz CT molecular complexity index is 723. The van der Waals surface area contributed by atoms with Crippen LogP contribution < -0.4 is 10.1 Å². The number of nitrogens with one attached hydrogen (secondary N) is 1. The van der Waals surface area contributed by atoms with Crippen molar-refractivity contribution in [3.8, 4) is 5.75 Å². The number of benzene rings is 2. The van der Waals surface area contributed by atoms with E-state index in [1.54, 1.807) is 31.4 Å². The summed E-state index contributed by atoms with van der Waals surface area (Å²) in [5.74, 6) is -0.0163. The van der Waals surface area contributed by atoms with Crippen LogP contribution in [0.4, 0.5) is 0 Å². The van der Waals surface area contributed by atoms with Gasteiger partial charge in [-0.15, -0.1) is 0 Å². The van der Waals surface area contributed by atoms with Crippen LogP contribution in [0.3, 0.4) is 0 Å². The topological polar surface area (TPSA) is 64.6 Å². The minimum absolute atomic E-state index is 0.0941. The van der Waals surface area contributed by atoms with Gasteiger partial charge >= 0.3 is 5.97 Å². The standard InChI is InChI=1S/C21H25NO4/c1-4-19(17-9-5-15(2)6-10-17)22-20(23)14-26-21(24)13-16-7-11-18(25-3)12-8-16/h5-12,19H,4,13-14H2,1-3H3,(H,22,23)/t19-/m0/s1. The minimum atomic E-state index is -0.436. The second kappa shape index (κ2) is 9.61. The second-order valence-corrected chi connectivity index (χ2v) is 6.12. The third kappa shape index (κ3) is 5.92. The minimum Gasteiger partial charge on any atom is -0.497 e. The van der Waals surface area contributed by atoms with E-state index >= 15 is 0 Å². The number of aryl methyl sites for hydroxylation is 1. The molecular formula is C21H25NO4. The van der Waals surface area contributed by atoms with E-state index in [9.17, 15) is 9.59 Å². The quantitative estimate of drug-likeness (QED) is 0.738. The lowest BCUT2D eigenvalue weighted by molar-refractivity contribution is -0.148. The molecule has 0 fully saturated rings. The molecule has 2 rings (SSSR count). The van der Waals surface area contributed by atoms with Crippen LogP contribution in [0.2, 0.25) is 0 Å². The number of rotatable bonds is 8. The summed E-state index contributed by atoms with van der Waals surface area (Å²) in [5, 5.41) is 2.90. The Morgan fingerprint density at radius 1 is 1.04 bits per heavy atom. The van der Waals surface area contributed by atoms with Gasteiger partial charge in [-0.3, -0.25) is 9.59 Å². The summed E-state index contributed by atoms with van der Waals surface area (Å²) in [5.41, 5.74) is 3.01. The van der Waals surface area contributed by atoms with Crippen molar-refractivity contribution in [2.75, 3.05) is 13.7 Å². The average Bonchev–Trinajstić information content (AvgIpc) is 2.66. The zero-order valence-corrected chi connectivity index (χ0v) is 15.5. The largest absolute Gasteiger partial charge is 0.497 e. The molecule has 0 aliphatic carbocycles. The van der Waals surface area contributed by atoms with E-state index in [0.29, 0.717) is 0 Å². The van der Waals surface area contributed by atoms with Gasteiger partial charge in [0.05, 0.1) is 19.6 Å². The molecule has 0 bridgehead atoms. The number of carbonyl (C=O) groups is 2. The molecule has 0 aliphatic heterocycles. The molecule has 0 aromatic heterocycles. The monoisotopic (exact) mass is 355 g/mol. The van der Waals surface area contributed by atoms with Crippen LogP contribution >= 0.6 is 0 Å². The number of ether oxygens (including phenoxy) is 2. The summed E-state index contributed by atoms with van der Waals surface area (Å²) >= 11 is 0. The van der Waals surface area contributed by atoms with E-state index in [-0.39, 0.29) is 25.0 Å². The number of methoxy groups -OCH3 is 1. The van der Waals surface area contributed by atoms with E-state index in [2.05, 4.69) is 5.32 Å². The van der Waals surface area contributed by atoms with E-state index < -0.39 is 5.97 Å². The molecule has 5 nitrogen and oxygen atoms in total. The van der Waals surface area contributed by atoms with Crippen molar-refractivity contribution < 1.29 is 19.1 Å². The molecule has 1 amide bonds. The molecule has 2 aromatic carbocycles. The van der Waals surface area contributed by atoms with Gasteiger partial charge in [0.15, 0.2) is 6.61 Å². The van der Waals surface area contributed by atoms with Crippen LogP contribution in [0.25, 0.3) is 0 Å². The molecule has 1 N–H and O–H groups in total. The highest BCUT2D eigenvalue weighted by Gasteiger charge is 2.14. The lowest BCUT2D eigenvalue weighted by atomic mass is 10.0. The SMILES string of the molecule is CC[C@H](NC(=O)COC(=O)Cc1ccc(OC)cc1)c1ccc(C)cc1. The van der Waals surface area contributed by atoms with Crippen molar-refractivity contribution >= 4 is 11.9 Å². The van der Waals surface area contributed by atoms with Crippen LogP contribution in [-0.2, 0) is 20.7 Å². The van der Waals surface area contributed by atoms with Crippen molar-refractivity contribution in [1.82, 2.24) is 5.32 Å². The second-order valence-electron chi connectivity index (χ2n) is 6.12. The van der Waals surface area contributed by atoms with Crippen molar-refractivity contribution in [2.24, 2.45) is 0 Å². The first-order valence-corrected chi connectivity index (χ1v) is 8.66. The number of hydrogen-bond donors (Lipinski definition) is 1. The fourth-order valence-electron chi connectivity index (χ4n) is 2.56. The van der Waals surface area contributed by atoms with Crippen LogP contribution in [0, 0.1) is 6.92 Å². The Labute approximate surface area is 154 Å². The fraction of sp³-hybridized carbons (Fsp3) is 0.333. The van der Waals surface area contributed by atoms with Gasteiger partial charge in [0, 0.05) is 0 Å². The maximum atomic E-state index is 12.1. The number of esters is 1. The predicted molar refractivity (Wildman–Crippen MR) is 100 cm³/mol. The molecule has 0 heterocycles. The maximum Gasteiger partial charge on any atom is 0.310 e. The molecule has 0 saturated carbocycles. The Morgan fingerprint density at radius 2 is 1.69 bits per heavy atom. The molecule has 0 aliphatic rings. The van der Waals surface area contributed by atoms with Gasteiger partial charge < -0.3 is 14.8 Å². The molecule has 0 spiro atoms. The van der Waals surface area contributed by atoms with Crippen LogP contribution in [0.1, 0.15) is 36.1 Å². The molecule has 26 heavy (non-hydrogen) atoms. The molecule has 0 saturated heterocycles. The Hall–Kier alpha value is -2.82. The highest BCUT2D eigenvalue weighted by molar-refractivity contribution is 5.81. The predicted octanol–water partition coefficient (Wildman–Crippen LogP) is 3.36. The lowest BCUT2D eigenvalue weighted by Crippen LogP contribution is -2.32. The molecular weight excluding hydrogens is 330 g/mol. The maximum absolute atomic E-state index is 12.1. The van der Waals surface area contributed by atoms with Crippen LogP contribution in [0.15, 0.2) is 48.5 Å². The zero-order valence-electron chi connectivity index (χ0n) is 15.5. The van der Waals surface area contributed by atoms with E-state index in [1.165, 1.54) is 5.56 Å². The van der Waals surface area contributed by atoms with Gasteiger partial charge in [0.2, 0.25) is 0 Å². The highest BCUT2D eigenvalue weighted by atomic mass is 16.5. The molecule has 0 radical (unpaired) electrons. The van der Waals surface area contributed by atoms with Gasteiger partial charge in [-0.25, -0.2) is 0 Å². The van der Waals surface area contributed by atoms with Crippen LogP contribution in [-0.4, -0.2) is 25.6 Å². The van der Waals surface area contributed by atoms with Gasteiger partial charge in [0.1, 0.15) is 5.75 Å². The van der Waals surface area contributed by atoms with E-state index in [1.807, 2.05) is 38.1 Å². The molecule has 1 atom stereocenters. The first kappa shape index (κ1) is 19.5. The third-order valence-corrected chi connectivity index (χ3v) is 4.09. The smallest absolute Gasteiger partial charge is 0.310 e. The molecule has 2 aromatic rings. The van der Waals surface area contributed by atoms with Crippen LogP contribution in [0.5, 0.6) is 5.75 Å². The summed E-state index contributed by atoms with van der Waals surface area (Å²) in [6.45, 7) is 3.74. The van der Waals surface area contributed by atoms with Crippen molar-refractivity contribution in [2.45, 2.75) is 32.7 Å². The fourth-order valence-corrected chi connectivity index (χ4v) is 2.56. The lowest BCUT2D eigenvalue weighted by Gasteiger charge is -2.17. The number of hydrogen-bond acceptors (Lipinski definition) is 4. The Balaban J connectivity index is 1.80. The van der Waals surface area contributed by atoms with Gasteiger partial charge in [-0.05, 0) is 36.6 Å². The van der Waals surface area contributed by atoms with E-state index in [0.717, 1.165) is 23.3 Å². The summed E-state index contributed by atoms with van der Waals surface area (Å²) in [7, 11) is 1.59. The highest BCUT2D eigenvalue weighted by Crippen LogP contribution is 2.17. The summed E-state index contributed by atoms with van der Waals surface area (Å²) in [6.07, 6.45) is 0.876. The van der Waals surface area contributed by atoms with Gasteiger partial charge in [-0.1, -0.05) is 48.9 Å². The Morgan fingerprint density at radius 3 is 2.27 bits per heavy atom. The summed E-state index contributed by atoms with van der Waals surface area (Å²) in [4.78, 5) is 24.0. The van der Waals surface area contributed by atoms with Gasteiger partial charge in [-0.2, -0.15) is 0 Å². The molecule has 5 heteroatoms. The molecule has 138 valence electrons. The van der Waals surface area contributed by atoms with Crippen molar-refractivity contribution in [3.05, 3.63) is 65.2 Å². The average molecular weight is 355 g/mol. The molecule has 0 unspecified atom stereocenters. The third-order valence-electron chi connectivity index (χ3n) is 4.09. The summed E-state index contributed by atoms with van der Waals surface area (Å²) in [6, 6.07) is 15.1. The van der Waals surface area contributed by atoms with Gasteiger partial charge in [0.25, 0.3) is 5.91 Å². The number of carbonyl (C=O) groups excluding carboxylic acids is 2. The Kier molecular flexibility index (Phi) is 7.21. The van der Waals surface area contributed by atoms with E-state index in [4.69, 9.17) is 9.47 Å². The number of amides is 1. The summed E-state index contributed by atoms with van der Waals surface area (Å²) < 4.78 is 10.2. The first-order chi connectivity index (χ1) is 12.5. The van der Waals surface area contributed by atoms with Crippen molar-refractivity contribution in [3.63, 3.8) is 0 Å². The normalized spacial score (nSPS) is 11.5. The van der Waals surface area contributed by atoms with Crippen molar-refractivity contribution in [1.29, 1.82) is 0 Å². The zero-order chi connectivity index (χ0) is 18.9.